The number of carbonyl (C=O) groups excluding carboxylic acids is 1. The molecule has 1 rings (SSSR count). The number of hydrogen-bond donors (Lipinski definition) is 0. The van der Waals surface area contributed by atoms with Gasteiger partial charge in [0, 0.05) is 25.6 Å². The zero-order valence-corrected chi connectivity index (χ0v) is 13.6. The number of methoxy groups -OCH3 is 1. The van der Waals surface area contributed by atoms with Crippen LogP contribution in [0.4, 0.5) is 0 Å². The van der Waals surface area contributed by atoms with Crippen LogP contribution in [0, 0.1) is 0 Å². The Bertz CT molecular complexity index is 400. The SMILES string of the molecule is CCCCO[C@@H]1C(N=[N+]=[N-])[C@H](C)OC(COC(C)=O)[C@H]1OC. The molecule has 0 aromatic heterocycles. The molecule has 0 spiro atoms. The third-order valence-corrected chi connectivity index (χ3v) is 3.61. The van der Waals surface area contributed by atoms with Gasteiger partial charge in [0.2, 0.25) is 0 Å². The van der Waals surface area contributed by atoms with Gasteiger partial charge in [0.15, 0.2) is 0 Å². The van der Waals surface area contributed by atoms with Crippen LogP contribution in [0.25, 0.3) is 10.4 Å². The van der Waals surface area contributed by atoms with E-state index in [1.165, 1.54) is 14.0 Å². The summed E-state index contributed by atoms with van der Waals surface area (Å²) >= 11 is 0. The number of esters is 1. The van der Waals surface area contributed by atoms with Crippen molar-refractivity contribution in [3.63, 3.8) is 0 Å². The van der Waals surface area contributed by atoms with Gasteiger partial charge in [-0.25, -0.2) is 0 Å². The minimum Gasteiger partial charge on any atom is -0.463 e. The van der Waals surface area contributed by atoms with Gasteiger partial charge >= 0.3 is 5.97 Å². The molecule has 8 nitrogen and oxygen atoms in total. The number of unbranched alkanes of at least 4 members (excludes halogenated alkanes) is 1. The Morgan fingerprint density at radius 2 is 2.14 bits per heavy atom. The van der Waals surface area contributed by atoms with Crippen LogP contribution >= 0.6 is 0 Å². The number of nitrogens with zero attached hydrogens (tertiary/aromatic N) is 3. The van der Waals surface area contributed by atoms with Gasteiger partial charge in [-0.1, -0.05) is 18.5 Å². The molecule has 0 bridgehead atoms. The summed E-state index contributed by atoms with van der Waals surface area (Å²) < 4.78 is 22.2. The summed E-state index contributed by atoms with van der Waals surface area (Å²) in [5.74, 6) is -0.383. The molecule has 1 aliphatic rings. The van der Waals surface area contributed by atoms with Gasteiger partial charge in [-0.15, -0.1) is 0 Å². The van der Waals surface area contributed by atoms with E-state index in [0.29, 0.717) is 6.61 Å². The first-order chi connectivity index (χ1) is 10.5. The number of hydrogen-bond acceptors (Lipinski definition) is 6. The molecule has 0 saturated carbocycles. The maximum atomic E-state index is 11.0. The van der Waals surface area contributed by atoms with E-state index in [0.717, 1.165) is 12.8 Å². The third-order valence-electron chi connectivity index (χ3n) is 3.61. The molecular weight excluding hydrogens is 290 g/mol. The molecule has 1 heterocycles. The van der Waals surface area contributed by atoms with Crippen molar-refractivity contribution in [1.82, 2.24) is 0 Å². The normalized spacial score (nSPS) is 31.4. The molecular formula is C14H25N3O5. The number of azide groups is 1. The van der Waals surface area contributed by atoms with E-state index in [1.54, 1.807) is 0 Å². The van der Waals surface area contributed by atoms with Crippen LogP contribution in [0.15, 0.2) is 5.11 Å². The summed E-state index contributed by atoms with van der Waals surface area (Å²) in [6, 6.07) is -0.486. The summed E-state index contributed by atoms with van der Waals surface area (Å²) in [5, 5.41) is 3.80. The van der Waals surface area contributed by atoms with Crippen molar-refractivity contribution in [2.75, 3.05) is 20.3 Å². The zero-order chi connectivity index (χ0) is 16.5. The van der Waals surface area contributed by atoms with Gasteiger partial charge in [-0.3, -0.25) is 4.79 Å². The number of carbonyl (C=O) groups is 1. The monoisotopic (exact) mass is 315 g/mol. The van der Waals surface area contributed by atoms with Crippen molar-refractivity contribution in [2.24, 2.45) is 5.11 Å². The second-order valence-corrected chi connectivity index (χ2v) is 5.27. The Morgan fingerprint density at radius 1 is 1.41 bits per heavy atom. The van der Waals surface area contributed by atoms with Crippen LogP contribution in [0.3, 0.4) is 0 Å². The first-order valence-corrected chi connectivity index (χ1v) is 7.52. The standard InChI is InChI=1S/C14H25N3O5/c1-5-6-7-20-14-12(16-17-15)9(2)22-11(13(14)19-4)8-21-10(3)18/h9,11-14H,5-8H2,1-4H3/t9-,11?,12?,13+,14+/m0/s1. The summed E-state index contributed by atoms with van der Waals surface area (Å²) in [5.41, 5.74) is 8.76. The molecule has 1 saturated heterocycles. The van der Waals surface area contributed by atoms with Crippen molar-refractivity contribution in [1.29, 1.82) is 0 Å². The third kappa shape index (κ3) is 5.14. The first-order valence-electron chi connectivity index (χ1n) is 7.52. The molecule has 0 N–H and O–H groups in total. The van der Waals surface area contributed by atoms with Crippen LogP contribution in [0.5, 0.6) is 0 Å². The second kappa shape index (κ2) is 9.63. The predicted molar refractivity (Wildman–Crippen MR) is 79.3 cm³/mol. The fourth-order valence-electron chi connectivity index (χ4n) is 2.50. The number of rotatable bonds is 8. The van der Waals surface area contributed by atoms with Crippen molar-refractivity contribution >= 4 is 5.97 Å². The molecule has 126 valence electrons. The highest BCUT2D eigenvalue weighted by molar-refractivity contribution is 5.65. The summed E-state index contributed by atoms with van der Waals surface area (Å²) in [7, 11) is 1.54. The van der Waals surface area contributed by atoms with Gasteiger partial charge in [0.05, 0.1) is 18.2 Å². The highest BCUT2D eigenvalue weighted by Crippen LogP contribution is 2.28. The lowest BCUT2D eigenvalue weighted by atomic mass is 9.93. The van der Waals surface area contributed by atoms with Gasteiger partial charge < -0.3 is 18.9 Å². The lowest BCUT2D eigenvalue weighted by molar-refractivity contribution is -0.211. The molecule has 0 radical (unpaired) electrons. The Labute approximate surface area is 130 Å². The molecule has 2 unspecified atom stereocenters. The molecule has 0 aromatic carbocycles. The van der Waals surface area contributed by atoms with Crippen molar-refractivity contribution in [3.8, 4) is 0 Å². The van der Waals surface area contributed by atoms with Gasteiger partial charge in [0.25, 0.3) is 0 Å². The Kier molecular flexibility index (Phi) is 8.19. The second-order valence-electron chi connectivity index (χ2n) is 5.27. The molecule has 22 heavy (non-hydrogen) atoms. The summed E-state index contributed by atoms with van der Waals surface area (Å²) in [6.07, 6.45) is 0.189. The quantitative estimate of drug-likeness (QED) is 0.225. The smallest absolute Gasteiger partial charge is 0.302 e. The molecule has 0 aliphatic carbocycles. The van der Waals surface area contributed by atoms with E-state index in [9.17, 15) is 4.79 Å². The Hall–Kier alpha value is -1.34. The summed E-state index contributed by atoms with van der Waals surface area (Å²) in [4.78, 5) is 13.9. The maximum absolute atomic E-state index is 11.0. The molecule has 8 heteroatoms. The van der Waals surface area contributed by atoms with Gasteiger partial charge in [0.1, 0.15) is 18.8 Å². The highest BCUT2D eigenvalue weighted by Gasteiger charge is 2.45. The highest BCUT2D eigenvalue weighted by atomic mass is 16.6. The van der Waals surface area contributed by atoms with Crippen LogP contribution in [-0.4, -0.2) is 56.8 Å². The molecule has 5 atom stereocenters. The van der Waals surface area contributed by atoms with E-state index in [2.05, 4.69) is 16.9 Å². The Morgan fingerprint density at radius 3 is 2.68 bits per heavy atom. The van der Waals surface area contributed by atoms with Crippen molar-refractivity contribution in [3.05, 3.63) is 10.4 Å². The minimum atomic E-state index is -0.486. The molecule has 1 fully saturated rings. The average molecular weight is 315 g/mol. The van der Waals surface area contributed by atoms with E-state index < -0.39 is 24.4 Å². The lowest BCUT2D eigenvalue weighted by Crippen LogP contribution is -2.59. The fourth-order valence-corrected chi connectivity index (χ4v) is 2.50. The van der Waals surface area contributed by atoms with Crippen LogP contribution in [-0.2, 0) is 23.7 Å². The maximum Gasteiger partial charge on any atom is 0.302 e. The van der Waals surface area contributed by atoms with E-state index >= 15 is 0 Å². The number of ether oxygens (including phenoxy) is 4. The first kappa shape index (κ1) is 18.7. The van der Waals surface area contributed by atoms with Crippen molar-refractivity contribution < 1.29 is 23.7 Å². The summed E-state index contributed by atoms with van der Waals surface area (Å²) in [6.45, 7) is 5.84. The van der Waals surface area contributed by atoms with E-state index in [-0.39, 0.29) is 18.7 Å². The van der Waals surface area contributed by atoms with Crippen LogP contribution < -0.4 is 0 Å². The predicted octanol–water partition coefficient (Wildman–Crippen LogP) is 2.22. The topological polar surface area (TPSA) is 103 Å². The Balaban J connectivity index is 2.87. The lowest BCUT2D eigenvalue weighted by Gasteiger charge is -2.43. The van der Waals surface area contributed by atoms with Crippen LogP contribution in [0.1, 0.15) is 33.6 Å². The van der Waals surface area contributed by atoms with Gasteiger partial charge in [-0.2, -0.15) is 0 Å². The molecule has 1 aliphatic heterocycles. The van der Waals surface area contributed by atoms with Crippen molar-refractivity contribution in [2.45, 2.75) is 64.1 Å². The van der Waals surface area contributed by atoms with Gasteiger partial charge in [-0.05, 0) is 18.9 Å². The molecule has 0 aromatic rings. The van der Waals surface area contributed by atoms with E-state index in [1.807, 2.05) is 6.92 Å². The zero-order valence-electron chi connectivity index (χ0n) is 13.6. The average Bonchev–Trinajstić information content (AvgIpc) is 2.48. The molecule has 0 amide bonds. The van der Waals surface area contributed by atoms with Crippen LogP contribution in [0.2, 0.25) is 0 Å². The largest absolute Gasteiger partial charge is 0.463 e. The fraction of sp³-hybridized carbons (Fsp3) is 0.929. The minimum absolute atomic E-state index is 0.0782. The van der Waals surface area contributed by atoms with E-state index in [4.69, 9.17) is 24.5 Å².